The maximum absolute atomic E-state index is 11.1. The lowest BCUT2D eigenvalue weighted by atomic mass is 10.2. The normalized spacial score (nSPS) is 11.8. The van der Waals surface area contributed by atoms with Gasteiger partial charge in [-0.2, -0.15) is 0 Å². The highest BCUT2D eigenvalue weighted by molar-refractivity contribution is 5.82. The number of rotatable bonds is 6. The van der Waals surface area contributed by atoms with Gasteiger partial charge in [-0.1, -0.05) is 30.3 Å². The number of carboxylic acid groups (broad SMARTS) is 1. The van der Waals surface area contributed by atoms with Crippen LogP contribution in [0.1, 0.15) is 11.8 Å². The largest absolute Gasteiger partial charge is 0.480 e. The molecule has 4 N–H and O–H groups in total. The molecule has 1 atom stereocenters. The Morgan fingerprint density at radius 3 is 2.41 bits per heavy atom. The van der Waals surface area contributed by atoms with Gasteiger partial charge in [0, 0.05) is 0 Å². The zero-order valence-corrected chi connectivity index (χ0v) is 9.09. The number of aliphatic carboxylic acids is 1. The van der Waals surface area contributed by atoms with Crippen molar-refractivity contribution in [1.29, 1.82) is 0 Å². The van der Waals surface area contributed by atoms with E-state index < -0.39 is 24.6 Å². The second-order valence-corrected chi connectivity index (χ2v) is 3.36. The van der Waals surface area contributed by atoms with Crippen LogP contribution < -0.4 is 10.6 Å². The SMILES string of the molecule is O=C(O)CNC(=O)CNC(O)c1ccccc1. The molecular formula is C11H14N2O4. The quantitative estimate of drug-likeness (QED) is 0.499. The van der Waals surface area contributed by atoms with Gasteiger partial charge in [-0.25, -0.2) is 0 Å². The van der Waals surface area contributed by atoms with Crippen LogP contribution in [0.15, 0.2) is 30.3 Å². The minimum Gasteiger partial charge on any atom is -0.480 e. The van der Waals surface area contributed by atoms with Crippen molar-refractivity contribution in [2.75, 3.05) is 13.1 Å². The molecule has 1 unspecified atom stereocenters. The third-order valence-corrected chi connectivity index (χ3v) is 2.01. The van der Waals surface area contributed by atoms with Crippen molar-refractivity contribution in [2.45, 2.75) is 6.23 Å². The number of aliphatic hydroxyl groups excluding tert-OH is 1. The Kier molecular flexibility index (Phi) is 5.12. The zero-order chi connectivity index (χ0) is 12.7. The van der Waals surface area contributed by atoms with E-state index in [4.69, 9.17) is 5.11 Å². The van der Waals surface area contributed by atoms with Crippen molar-refractivity contribution >= 4 is 11.9 Å². The first-order valence-corrected chi connectivity index (χ1v) is 5.04. The van der Waals surface area contributed by atoms with Gasteiger partial charge in [-0.15, -0.1) is 0 Å². The predicted octanol–water partition coefficient (Wildman–Crippen LogP) is -0.532. The molecule has 0 spiro atoms. The van der Waals surface area contributed by atoms with E-state index in [2.05, 4.69) is 10.6 Å². The van der Waals surface area contributed by atoms with E-state index in [0.29, 0.717) is 5.56 Å². The molecule has 0 heterocycles. The fraction of sp³-hybridized carbons (Fsp3) is 0.273. The predicted molar refractivity (Wildman–Crippen MR) is 60.1 cm³/mol. The summed E-state index contributed by atoms with van der Waals surface area (Å²) in [6.07, 6.45) is -0.952. The highest BCUT2D eigenvalue weighted by atomic mass is 16.4. The molecule has 0 radical (unpaired) electrons. The summed E-state index contributed by atoms with van der Waals surface area (Å²) in [6.45, 7) is -0.578. The van der Waals surface area contributed by atoms with Crippen LogP contribution >= 0.6 is 0 Å². The van der Waals surface area contributed by atoms with Gasteiger partial charge >= 0.3 is 5.97 Å². The van der Waals surface area contributed by atoms with E-state index in [0.717, 1.165) is 0 Å². The standard InChI is InChI=1S/C11H14N2O4/c14-9(12-7-10(15)16)6-13-11(17)8-4-2-1-3-5-8/h1-5,11,13,17H,6-7H2,(H,12,14)(H,15,16). The average molecular weight is 238 g/mol. The molecule has 6 heteroatoms. The van der Waals surface area contributed by atoms with E-state index in [1.165, 1.54) is 0 Å². The summed E-state index contributed by atoms with van der Waals surface area (Å²) in [5, 5.41) is 22.7. The van der Waals surface area contributed by atoms with Crippen molar-refractivity contribution in [3.8, 4) is 0 Å². The van der Waals surface area contributed by atoms with E-state index in [1.54, 1.807) is 24.3 Å². The molecule has 17 heavy (non-hydrogen) atoms. The highest BCUT2D eigenvalue weighted by Gasteiger charge is 2.09. The fourth-order valence-corrected chi connectivity index (χ4v) is 1.18. The van der Waals surface area contributed by atoms with Crippen LogP contribution in [0.25, 0.3) is 0 Å². The third kappa shape index (κ3) is 5.10. The topological polar surface area (TPSA) is 98.7 Å². The molecule has 0 aliphatic carbocycles. The Balaban J connectivity index is 2.31. The molecule has 1 amide bonds. The van der Waals surface area contributed by atoms with Crippen molar-refractivity contribution in [2.24, 2.45) is 0 Å². The lowest BCUT2D eigenvalue weighted by Gasteiger charge is -2.12. The van der Waals surface area contributed by atoms with Crippen molar-refractivity contribution in [3.63, 3.8) is 0 Å². The van der Waals surface area contributed by atoms with Crippen LogP contribution in [-0.4, -0.2) is 35.2 Å². The summed E-state index contributed by atoms with van der Waals surface area (Å²) in [4.78, 5) is 21.3. The number of carbonyl (C=O) groups is 2. The van der Waals surface area contributed by atoms with Crippen molar-refractivity contribution in [3.05, 3.63) is 35.9 Å². The molecular weight excluding hydrogens is 224 g/mol. The van der Waals surface area contributed by atoms with Crippen LogP contribution in [0.4, 0.5) is 0 Å². The monoisotopic (exact) mass is 238 g/mol. The molecule has 0 saturated heterocycles. The smallest absolute Gasteiger partial charge is 0.322 e. The van der Waals surface area contributed by atoms with Gasteiger partial charge in [-0.3, -0.25) is 14.9 Å². The van der Waals surface area contributed by atoms with Crippen molar-refractivity contribution < 1.29 is 19.8 Å². The molecule has 0 bridgehead atoms. The first-order chi connectivity index (χ1) is 8.09. The van der Waals surface area contributed by atoms with Crippen LogP contribution in [-0.2, 0) is 9.59 Å². The van der Waals surface area contributed by atoms with Crippen LogP contribution in [0, 0.1) is 0 Å². The van der Waals surface area contributed by atoms with Gasteiger partial charge in [-0.05, 0) is 5.56 Å². The molecule has 0 saturated carbocycles. The molecule has 1 aromatic rings. The summed E-state index contributed by atoms with van der Waals surface area (Å²) in [5.74, 6) is -1.59. The molecule has 0 fully saturated rings. The Morgan fingerprint density at radius 1 is 1.18 bits per heavy atom. The van der Waals surface area contributed by atoms with Crippen LogP contribution in [0.2, 0.25) is 0 Å². The Bertz CT molecular complexity index is 380. The Labute approximate surface area is 98.3 Å². The summed E-state index contributed by atoms with van der Waals surface area (Å²) in [6, 6.07) is 8.78. The van der Waals surface area contributed by atoms with Crippen LogP contribution in [0.5, 0.6) is 0 Å². The first-order valence-electron chi connectivity index (χ1n) is 5.04. The van der Waals surface area contributed by atoms with Gasteiger partial charge in [0.15, 0.2) is 0 Å². The molecule has 1 rings (SSSR count). The summed E-state index contributed by atoms with van der Waals surface area (Å²) < 4.78 is 0. The Hall–Kier alpha value is -1.92. The number of aliphatic hydroxyl groups is 1. The molecule has 6 nitrogen and oxygen atoms in total. The average Bonchev–Trinajstić information content (AvgIpc) is 2.34. The lowest BCUT2D eigenvalue weighted by Crippen LogP contribution is -2.38. The first kappa shape index (κ1) is 13.1. The molecule has 0 aromatic heterocycles. The van der Waals surface area contributed by atoms with E-state index in [1.807, 2.05) is 6.07 Å². The van der Waals surface area contributed by atoms with Gasteiger partial charge < -0.3 is 15.5 Å². The lowest BCUT2D eigenvalue weighted by molar-refractivity contribution is -0.137. The number of hydrogen-bond donors (Lipinski definition) is 4. The number of hydrogen-bond acceptors (Lipinski definition) is 4. The summed E-state index contributed by atoms with van der Waals surface area (Å²) in [5.41, 5.74) is 0.638. The highest BCUT2D eigenvalue weighted by Crippen LogP contribution is 2.07. The van der Waals surface area contributed by atoms with E-state index in [-0.39, 0.29) is 6.54 Å². The molecule has 1 aromatic carbocycles. The number of nitrogens with one attached hydrogen (secondary N) is 2. The maximum Gasteiger partial charge on any atom is 0.322 e. The van der Waals surface area contributed by atoms with Gasteiger partial charge in [0.2, 0.25) is 5.91 Å². The number of benzene rings is 1. The van der Waals surface area contributed by atoms with Crippen molar-refractivity contribution in [1.82, 2.24) is 10.6 Å². The second kappa shape index (κ2) is 6.62. The van der Waals surface area contributed by atoms with Gasteiger partial charge in [0.25, 0.3) is 0 Å². The fourth-order valence-electron chi connectivity index (χ4n) is 1.18. The molecule has 0 aliphatic rings. The minimum atomic E-state index is -1.11. The summed E-state index contributed by atoms with van der Waals surface area (Å²) in [7, 11) is 0. The summed E-state index contributed by atoms with van der Waals surface area (Å²) >= 11 is 0. The van der Waals surface area contributed by atoms with Gasteiger partial charge in [0.1, 0.15) is 12.8 Å². The van der Waals surface area contributed by atoms with Gasteiger partial charge in [0.05, 0.1) is 6.54 Å². The van der Waals surface area contributed by atoms with Crippen LogP contribution in [0.3, 0.4) is 0 Å². The third-order valence-electron chi connectivity index (χ3n) is 2.01. The molecule has 0 aliphatic heterocycles. The number of carboxylic acids is 1. The van der Waals surface area contributed by atoms with E-state index in [9.17, 15) is 14.7 Å². The second-order valence-electron chi connectivity index (χ2n) is 3.36. The number of carbonyl (C=O) groups excluding carboxylic acids is 1. The van der Waals surface area contributed by atoms with E-state index >= 15 is 0 Å². The maximum atomic E-state index is 11.1. The number of amides is 1. The Morgan fingerprint density at radius 2 is 1.82 bits per heavy atom. The minimum absolute atomic E-state index is 0.149. The zero-order valence-electron chi connectivity index (χ0n) is 9.09. The molecule has 92 valence electrons.